The summed E-state index contributed by atoms with van der Waals surface area (Å²) in [5, 5.41) is 3.63. The van der Waals surface area contributed by atoms with Crippen molar-refractivity contribution in [1.29, 1.82) is 0 Å². The van der Waals surface area contributed by atoms with Crippen LogP contribution < -0.4 is 10.1 Å². The number of aryl methyl sites for hydroxylation is 1. The predicted molar refractivity (Wildman–Crippen MR) is 126 cm³/mol. The fraction of sp³-hybridized carbons (Fsp3) is 0.160. The molecular formula is C25H22F2N2O4S. The highest BCUT2D eigenvalue weighted by atomic mass is 32.2. The Morgan fingerprint density at radius 3 is 2.41 bits per heavy atom. The van der Waals surface area contributed by atoms with Crippen LogP contribution in [-0.4, -0.2) is 32.6 Å². The van der Waals surface area contributed by atoms with E-state index in [1.807, 2.05) is 0 Å². The molecule has 2 N–H and O–H groups in total. The smallest absolute Gasteiger partial charge is 0.191 e. The van der Waals surface area contributed by atoms with Crippen LogP contribution in [0, 0.1) is 18.6 Å². The van der Waals surface area contributed by atoms with E-state index < -0.39 is 27.5 Å². The highest BCUT2D eigenvalue weighted by Crippen LogP contribution is 2.32. The first-order valence-corrected chi connectivity index (χ1v) is 12.2. The van der Waals surface area contributed by atoms with Gasteiger partial charge in [-0.05, 0) is 60.5 Å². The molecule has 9 heteroatoms. The van der Waals surface area contributed by atoms with Gasteiger partial charge >= 0.3 is 0 Å². The topological polar surface area (TPSA) is 88.3 Å². The van der Waals surface area contributed by atoms with Gasteiger partial charge in [-0.25, -0.2) is 17.2 Å². The maximum absolute atomic E-state index is 13.8. The number of benzene rings is 3. The van der Waals surface area contributed by atoms with Gasteiger partial charge in [-0.1, -0.05) is 6.07 Å². The molecule has 1 unspecified atom stereocenters. The molecule has 0 saturated heterocycles. The number of Topliss-reactive ketones (excluding diaryl/α,β-unsaturated/α-hetero) is 1. The van der Waals surface area contributed by atoms with Crippen molar-refractivity contribution in [3.8, 4) is 5.75 Å². The lowest BCUT2D eigenvalue weighted by Crippen LogP contribution is -2.22. The molecule has 1 atom stereocenters. The molecule has 1 aromatic heterocycles. The van der Waals surface area contributed by atoms with Crippen molar-refractivity contribution in [2.75, 3.05) is 18.7 Å². The maximum atomic E-state index is 13.8. The summed E-state index contributed by atoms with van der Waals surface area (Å²) in [6, 6.07) is 11.5. The molecule has 0 saturated carbocycles. The number of ether oxygens (including phenoxy) is 1. The predicted octanol–water partition coefficient (Wildman–Crippen LogP) is 5.20. The number of hydrogen-bond donors (Lipinski definition) is 2. The van der Waals surface area contributed by atoms with Crippen LogP contribution in [0.4, 0.5) is 14.5 Å². The van der Waals surface area contributed by atoms with E-state index >= 15 is 0 Å². The summed E-state index contributed by atoms with van der Waals surface area (Å²) in [5.41, 5.74) is 2.13. The largest absolute Gasteiger partial charge is 0.497 e. The minimum absolute atomic E-state index is 0.0129. The number of carbonyl (C=O) groups is 1. The summed E-state index contributed by atoms with van der Waals surface area (Å²) in [5.74, 6) is -0.968. The Morgan fingerprint density at radius 1 is 1.03 bits per heavy atom. The number of nitrogens with one attached hydrogen (secondary N) is 2. The van der Waals surface area contributed by atoms with Crippen LogP contribution in [0.3, 0.4) is 0 Å². The van der Waals surface area contributed by atoms with E-state index in [0.29, 0.717) is 33.3 Å². The minimum atomic E-state index is -3.56. The van der Waals surface area contributed by atoms with Crippen LogP contribution in [-0.2, 0) is 9.84 Å². The first-order chi connectivity index (χ1) is 16.1. The van der Waals surface area contributed by atoms with Gasteiger partial charge in [0.1, 0.15) is 23.4 Å². The zero-order valence-corrected chi connectivity index (χ0v) is 19.5. The zero-order chi connectivity index (χ0) is 24.6. The van der Waals surface area contributed by atoms with Crippen molar-refractivity contribution in [3.63, 3.8) is 0 Å². The fourth-order valence-electron chi connectivity index (χ4n) is 3.86. The fourth-order valence-corrected chi connectivity index (χ4v) is 4.53. The number of fused-ring (bicyclic) bond motifs is 1. The highest BCUT2D eigenvalue weighted by Gasteiger charge is 2.27. The number of sulfone groups is 1. The van der Waals surface area contributed by atoms with Crippen LogP contribution in [0.1, 0.15) is 27.5 Å². The van der Waals surface area contributed by atoms with Gasteiger partial charge in [-0.15, -0.1) is 0 Å². The summed E-state index contributed by atoms with van der Waals surface area (Å²) >= 11 is 0. The molecule has 6 nitrogen and oxygen atoms in total. The van der Waals surface area contributed by atoms with Crippen LogP contribution in [0.25, 0.3) is 10.9 Å². The normalized spacial score (nSPS) is 12.5. The molecule has 0 aliphatic heterocycles. The number of H-pyrrole nitrogens is 1. The van der Waals surface area contributed by atoms with Gasteiger partial charge in [0.05, 0.1) is 12.0 Å². The molecule has 0 radical (unpaired) electrons. The second-order valence-corrected chi connectivity index (χ2v) is 10.0. The first-order valence-electron chi connectivity index (χ1n) is 10.3. The monoisotopic (exact) mass is 484 g/mol. The maximum Gasteiger partial charge on any atom is 0.191 e. The molecule has 0 fully saturated rings. The lowest BCUT2D eigenvalue weighted by Gasteiger charge is -2.22. The number of methoxy groups -OCH3 is 1. The Kier molecular flexibility index (Phi) is 6.14. The minimum Gasteiger partial charge on any atom is -0.497 e. The van der Waals surface area contributed by atoms with E-state index in [0.717, 1.165) is 6.26 Å². The molecule has 0 bridgehead atoms. The lowest BCUT2D eigenvalue weighted by atomic mass is 9.93. The van der Waals surface area contributed by atoms with Crippen LogP contribution in [0.5, 0.6) is 5.75 Å². The summed E-state index contributed by atoms with van der Waals surface area (Å²) in [7, 11) is -2.16. The van der Waals surface area contributed by atoms with Crippen molar-refractivity contribution in [2.45, 2.75) is 17.9 Å². The lowest BCUT2D eigenvalue weighted by molar-refractivity contribution is 0.0971. The number of anilines is 1. The number of aromatic amines is 1. The second-order valence-electron chi connectivity index (χ2n) is 8.00. The average molecular weight is 485 g/mol. The van der Waals surface area contributed by atoms with Crippen LogP contribution >= 0.6 is 0 Å². The summed E-state index contributed by atoms with van der Waals surface area (Å²) in [4.78, 5) is 16.7. The van der Waals surface area contributed by atoms with E-state index in [-0.39, 0.29) is 16.4 Å². The van der Waals surface area contributed by atoms with Crippen molar-refractivity contribution < 1.29 is 26.7 Å². The van der Waals surface area contributed by atoms with Crippen LogP contribution in [0.15, 0.2) is 65.7 Å². The molecule has 0 spiro atoms. The molecule has 1 heterocycles. The van der Waals surface area contributed by atoms with Gasteiger partial charge in [-0.2, -0.15) is 0 Å². The molecule has 3 aromatic carbocycles. The number of halogens is 2. The number of hydrogen-bond acceptors (Lipinski definition) is 5. The van der Waals surface area contributed by atoms with Gasteiger partial charge in [0.25, 0.3) is 0 Å². The SMILES string of the molecule is COc1cc(NC(C(=O)c2c[nH]c3cc(F)ccc23)c2ccc(F)cc2C)cc(S(C)(=O)=O)c1. The Balaban J connectivity index is 1.85. The second kappa shape index (κ2) is 8.90. The van der Waals surface area contributed by atoms with E-state index in [4.69, 9.17) is 4.74 Å². The number of ketones is 1. The van der Waals surface area contributed by atoms with E-state index in [1.165, 1.54) is 61.8 Å². The molecular weight excluding hydrogens is 462 g/mol. The molecule has 0 amide bonds. The summed E-state index contributed by atoms with van der Waals surface area (Å²) in [6.07, 6.45) is 2.57. The van der Waals surface area contributed by atoms with Crippen molar-refractivity contribution >= 4 is 32.2 Å². The van der Waals surface area contributed by atoms with Gasteiger partial charge < -0.3 is 15.0 Å². The molecule has 4 rings (SSSR count). The van der Waals surface area contributed by atoms with Crippen molar-refractivity contribution in [3.05, 3.63) is 89.1 Å². The van der Waals surface area contributed by atoms with E-state index in [2.05, 4.69) is 10.3 Å². The third-order valence-electron chi connectivity index (χ3n) is 5.57. The quantitative estimate of drug-likeness (QED) is 0.352. The first kappa shape index (κ1) is 23.4. The van der Waals surface area contributed by atoms with Crippen molar-refractivity contribution in [1.82, 2.24) is 4.98 Å². The summed E-state index contributed by atoms with van der Waals surface area (Å²) in [6.45, 7) is 1.68. The number of aromatic nitrogens is 1. The Bertz CT molecular complexity index is 1510. The van der Waals surface area contributed by atoms with Gasteiger partial charge in [-0.3, -0.25) is 4.79 Å². The highest BCUT2D eigenvalue weighted by molar-refractivity contribution is 7.90. The molecule has 34 heavy (non-hydrogen) atoms. The molecule has 0 aliphatic rings. The third kappa shape index (κ3) is 4.65. The Morgan fingerprint density at radius 2 is 1.74 bits per heavy atom. The van der Waals surface area contributed by atoms with Gasteiger partial charge in [0.2, 0.25) is 0 Å². The zero-order valence-electron chi connectivity index (χ0n) is 18.6. The van der Waals surface area contributed by atoms with Gasteiger partial charge in [0, 0.05) is 40.7 Å². The molecule has 0 aliphatic carbocycles. The number of rotatable bonds is 7. The Labute approximate surface area is 195 Å². The van der Waals surface area contributed by atoms with Crippen molar-refractivity contribution in [2.24, 2.45) is 0 Å². The molecule has 4 aromatic rings. The Hall–Kier alpha value is -3.72. The summed E-state index contributed by atoms with van der Waals surface area (Å²) < 4.78 is 57.0. The molecule has 176 valence electrons. The van der Waals surface area contributed by atoms with Gasteiger partial charge in [0.15, 0.2) is 15.6 Å². The standard InChI is InChI=1S/C25H22F2N2O4S/c1-14-8-15(26)4-6-20(14)24(25(30)22-13-28-23-9-16(27)5-7-21(22)23)29-17-10-18(33-2)12-19(11-17)34(3,31)32/h4-13,24,28-29H,1-3H3. The van der Waals surface area contributed by atoms with E-state index in [1.54, 1.807) is 13.0 Å². The van der Waals surface area contributed by atoms with Crippen LogP contribution in [0.2, 0.25) is 0 Å². The van der Waals surface area contributed by atoms with E-state index in [9.17, 15) is 22.0 Å². The average Bonchev–Trinajstić information content (AvgIpc) is 3.19. The number of carbonyl (C=O) groups excluding carboxylic acids is 1. The third-order valence-corrected chi connectivity index (χ3v) is 6.66.